The molecule has 0 aromatic heterocycles. The van der Waals surface area contributed by atoms with E-state index in [1.165, 1.54) is 5.56 Å². The normalized spacial score (nSPS) is 23.7. The number of aryl methyl sites for hydroxylation is 1. The van der Waals surface area contributed by atoms with Crippen LogP contribution >= 0.6 is 0 Å². The van der Waals surface area contributed by atoms with Gasteiger partial charge in [-0.25, -0.2) is 0 Å². The number of rotatable bonds is 3. The van der Waals surface area contributed by atoms with Crippen molar-refractivity contribution in [1.29, 1.82) is 0 Å². The number of carbonyl (C=O) groups excluding carboxylic acids is 1. The van der Waals surface area contributed by atoms with E-state index < -0.39 is 0 Å². The van der Waals surface area contributed by atoms with Crippen LogP contribution in [0.15, 0.2) is 24.3 Å². The molecular formula is C15H22N2O. The zero-order chi connectivity index (χ0) is 13.0. The first-order valence-electron chi connectivity index (χ1n) is 6.85. The largest absolute Gasteiger partial charge is 0.328 e. The van der Waals surface area contributed by atoms with E-state index in [0.717, 1.165) is 37.8 Å². The summed E-state index contributed by atoms with van der Waals surface area (Å²) in [6, 6.07) is 8.30. The molecule has 0 heterocycles. The Bertz CT molecular complexity index is 409. The number of benzene rings is 1. The lowest BCUT2D eigenvalue weighted by atomic mass is 9.86. The van der Waals surface area contributed by atoms with Crippen molar-refractivity contribution in [3.05, 3.63) is 29.8 Å². The molecule has 0 bridgehead atoms. The molecule has 0 radical (unpaired) electrons. The van der Waals surface area contributed by atoms with Crippen molar-refractivity contribution in [2.45, 2.75) is 45.1 Å². The summed E-state index contributed by atoms with van der Waals surface area (Å²) in [6.07, 6.45) is 4.70. The Labute approximate surface area is 109 Å². The summed E-state index contributed by atoms with van der Waals surface area (Å²) < 4.78 is 0. The van der Waals surface area contributed by atoms with Crippen LogP contribution in [0, 0.1) is 5.92 Å². The Kier molecular flexibility index (Phi) is 4.37. The van der Waals surface area contributed by atoms with E-state index in [4.69, 9.17) is 5.73 Å². The van der Waals surface area contributed by atoms with E-state index in [9.17, 15) is 4.79 Å². The van der Waals surface area contributed by atoms with Crippen LogP contribution in [0.1, 0.15) is 38.2 Å². The third-order valence-corrected chi connectivity index (χ3v) is 3.80. The third kappa shape index (κ3) is 3.10. The molecule has 0 spiro atoms. The van der Waals surface area contributed by atoms with Gasteiger partial charge in [-0.05, 0) is 43.7 Å². The standard InChI is InChI=1S/C15H22N2O/c1-2-11-5-3-4-6-14(11)17-15(18)12-7-9-13(16)10-8-12/h3-6,12-13H,2,7-10,16H2,1H3,(H,17,18). The van der Waals surface area contributed by atoms with Gasteiger partial charge in [-0.3, -0.25) is 4.79 Å². The molecule has 1 amide bonds. The molecule has 1 aliphatic carbocycles. The average Bonchev–Trinajstić information content (AvgIpc) is 2.40. The van der Waals surface area contributed by atoms with Crippen LogP contribution in [-0.4, -0.2) is 11.9 Å². The van der Waals surface area contributed by atoms with Crippen molar-refractivity contribution in [3.63, 3.8) is 0 Å². The van der Waals surface area contributed by atoms with Gasteiger partial charge in [0, 0.05) is 17.6 Å². The zero-order valence-electron chi connectivity index (χ0n) is 11.0. The fraction of sp³-hybridized carbons (Fsp3) is 0.533. The molecule has 0 atom stereocenters. The molecule has 98 valence electrons. The molecule has 0 unspecified atom stereocenters. The average molecular weight is 246 g/mol. The van der Waals surface area contributed by atoms with Gasteiger partial charge in [0.15, 0.2) is 0 Å². The topological polar surface area (TPSA) is 55.1 Å². The molecule has 2 rings (SSSR count). The predicted octanol–water partition coefficient (Wildman–Crippen LogP) is 2.71. The number of carbonyl (C=O) groups is 1. The van der Waals surface area contributed by atoms with Crippen LogP contribution in [0.3, 0.4) is 0 Å². The predicted molar refractivity (Wildman–Crippen MR) is 74.4 cm³/mol. The lowest BCUT2D eigenvalue weighted by Crippen LogP contribution is -2.32. The highest BCUT2D eigenvalue weighted by Gasteiger charge is 2.24. The second kappa shape index (κ2) is 6.01. The van der Waals surface area contributed by atoms with E-state index in [-0.39, 0.29) is 17.9 Å². The number of amides is 1. The van der Waals surface area contributed by atoms with Gasteiger partial charge in [0.25, 0.3) is 0 Å². The molecule has 3 N–H and O–H groups in total. The van der Waals surface area contributed by atoms with E-state index in [1.54, 1.807) is 0 Å². The lowest BCUT2D eigenvalue weighted by molar-refractivity contribution is -0.120. The second-order valence-electron chi connectivity index (χ2n) is 5.11. The van der Waals surface area contributed by atoms with Crippen molar-refractivity contribution in [1.82, 2.24) is 0 Å². The van der Waals surface area contributed by atoms with Gasteiger partial charge in [0.1, 0.15) is 0 Å². The Morgan fingerprint density at radius 2 is 1.94 bits per heavy atom. The molecule has 18 heavy (non-hydrogen) atoms. The first-order valence-corrected chi connectivity index (χ1v) is 6.85. The van der Waals surface area contributed by atoms with Crippen molar-refractivity contribution >= 4 is 11.6 Å². The molecule has 0 saturated heterocycles. The monoisotopic (exact) mass is 246 g/mol. The Balaban J connectivity index is 1.98. The van der Waals surface area contributed by atoms with Crippen LogP contribution < -0.4 is 11.1 Å². The Morgan fingerprint density at radius 3 is 2.61 bits per heavy atom. The molecule has 1 saturated carbocycles. The number of nitrogens with two attached hydrogens (primary N) is 1. The van der Waals surface area contributed by atoms with Crippen LogP contribution in [0.25, 0.3) is 0 Å². The maximum absolute atomic E-state index is 12.2. The summed E-state index contributed by atoms with van der Waals surface area (Å²) in [5.41, 5.74) is 8.01. The molecule has 3 heteroatoms. The van der Waals surface area contributed by atoms with E-state index in [1.807, 2.05) is 18.2 Å². The quantitative estimate of drug-likeness (QED) is 0.861. The minimum atomic E-state index is 0.134. The van der Waals surface area contributed by atoms with Crippen LogP contribution in [-0.2, 0) is 11.2 Å². The number of nitrogens with one attached hydrogen (secondary N) is 1. The van der Waals surface area contributed by atoms with Gasteiger partial charge < -0.3 is 11.1 Å². The maximum Gasteiger partial charge on any atom is 0.227 e. The summed E-state index contributed by atoms with van der Waals surface area (Å²) in [6.45, 7) is 2.10. The number of hydrogen-bond acceptors (Lipinski definition) is 2. The Morgan fingerprint density at radius 1 is 1.28 bits per heavy atom. The van der Waals surface area contributed by atoms with E-state index in [2.05, 4.69) is 18.3 Å². The molecular weight excluding hydrogens is 224 g/mol. The summed E-state index contributed by atoms with van der Waals surface area (Å²) in [4.78, 5) is 12.2. The van der Waals surface area contributed by atoms with Crippen molar-refractivity contribution in [3.8, 4) is 0 Å². The van der Waals surface area contributed by atoms with Crippen molar-refractivity contribution in [2.24, 2.45) is 11.7 Å². The maximum atomic E-state index is 12.2. The smallest absolute Gasteiger partial charge is 0.227 e. The molecule has 3 nitrogen and oxygen atoms in total. The minimum Gasteiger partial charge on any atom is -0.328 e. The van der Waals surface area contributed by atoms with Crippen LogP contribution in [0.5, 0.6) is 0 Å². The van der Waals surface area contributed by atoms with E-state index >= 15 is 0 Å². The SMILES string of the molecule is CCc1ccccc1NC(=O)C1CCC(N)CC1. The van der Waals surface area contributed by atoms with Crippen molar-refractivity contribution < 1.29 is 4.79 Å². The van der Waals surface area contributed by atoms with Crippen LogP contribution in [0.2, 0.25) is 0 Å². The van der Waals surface area contributed by atoms with Crippen LogP contribution in [0.4, 0.5) is 5.69 Å². The first-order chi connectivity index (χ1) is 8.70. The molecule has 1 aliphatic rings. The van der Waals surface area contributed by atoms with Gasteiger partial charge in [-0.15, -0.1) is 0 Å². The second-order valence-corrected chi connectivity index (χ2v) is 5.11. The molecule has 1 aromatic rings. The van der Waals surface area contributed by atoms with Gasteiger partial charge in [0.05, 0.1) is 0 Å². The fourth-order valence-corrected chi connectivity index (χ4v) is 2.57. The minimum absolute atomic E-state index is 0.134. The molecule has 1 aromatic carbocycles. The van der Waals surface area contributed by atoms with E-state index in [0.29, 0.717) is 0 Å². The number of anilines is 1. The van der Waals surface area contributed by atoms with Gasteiger partial charge >= 0.3 is 0 Å². The zero-order valence-corrected chi connectivity index (χ0v) is 11.0. The summed E-state index contributed by atoms with van der Waals surface area (Å²) in [5, 5.41) is 3.07. The number of hydrogen-bond donors (Lipinski definition) is 2. The van der Waals surface area contributed by atoms with Gasteiger partial charge in [0.2, 0.25) is 5.91 Å². The number of para-hydroxylation sites is 1. The van der Waals surface area contributed by atoms with Gasteiger partial charge in [-0.1, -0.05) is 25.1 Å². The first kappa shape index (κ1) is 13.1. The highest BCUT2D eigenvalue weighted by Crippen LogP contribution is 2.25. The highest BCUT2D eigenvalue weighted by molar-refractivity contribution is 5.93. The fourth-order valence-electron chi connectivity index (χ4n) is 2.57. The molecule has 1 fully saturated rings. The highest BCUT2D eigenvalue weighted by atomic mass is 16.1. The lowest BCUT2D eigenvalue weighted by Gasteiger charge is -2.25. The summed E-state index contributed by atoms with van der Waals surface area (Å²) >= 11 is 0. The summed E-state index contributed by atoms with van der Waals surface area (Å²) in [5.74, 6) is 0.289. The Hall–Kier alpha value is -1.35. The van der Waals surface area contributed by atoms with Gasteiger partial charge in [-0.2, -0.15) is 0 Å². The molecule has 0 aliphatic heterocycles. The summed E-state index contributed by atoms with van der Waals surface area (Å²) in [7, 11) is 0. The van der Waals surface area contributed by atoms with Crippen molar-refractivity contribution in [2.75, 3.05) is 5.32 Å². The third-order valence-electron chi connectivity index (χ3n) is 3.80.